The minimum absolute atomic E-state index is 0.00780. The normalized spacial score (nSPS) is 21.0. The van der Waals surface area contributed by atoms with Gasteiger partial charge in [-0.3, -0.25) is 14.9 Å². The van der Waals surface area contributed by atoms with Crippen molar-refractivity contribution in [3.63, 3.8) is 0 Å². The summed E-state index contributed by atoms with van der Waals surface area (Å²) in [5.41, 5.74) is 3.71. The fourth-order valence-corrected chi connectivity index (χ4v) is 3.34. The smallest absolute Gasteiger partial charge is 0.330 e. The lowest BCUT2D eigenvalue weighted by atomic mass is 9.98. The molecule has 4 N–H and O–H groups in total. The summed E-state index contributed by atoms with van der Waals surface area (Å²) in [5, 5.41) is 22.6. The molecule has 1 aliphatic rings. The Kier molecular flexibility index (Phi) is 4.03. The van der Waals surface area contributed by atoms with Crippen LogP contribution in [0.4, 0.5) is 11.4 Å². The van der Waals surface area contributed by atoms with Gasteiger partial charge in [0.25, 0.3) is 11.6 Å². The van der Waals surface area contributed by atoms with Crippen LogP contribution in [-0.4, -0.2) is 39.0 Å². The van der Waals surface area contributed by atoms with E-state index in [2.05, 4.69) is 5.32 Å². The zero-order chi connectivity index (χ0) is 15.6. The summed E-state index contributed by atoms with van der Waals surface area (Å²) in [6.07, 6.45) is 0.315. The number of rotatable bonds is 4. The second-order valence-corrected chi connectivity index (χ2v) is 5.78. The van der Waals surface area contributed by atoms with Crippen LogP contribution in [0.15, 0.2) is 18.2 Å². The molecule has 8 nitrogen and oxygen atoms in total. The Morgan fingerprint density at radius 3 is 2.71 bits per heavy atom. The van der Waals surface area contributed by atoms with Gasteiger partial charge in [0.2, 0.25) is 0 Å². The van der Waals surface area contributed by atoms with E-state index in [9.17, 15) is 24.8 Å². The number of nitrogens with one attached hydrogen (secondary N) is 1. The highest BCUT2D eigenvalue weighted by atomic mass is 32.2. The van der Waals surface area contributed by atoms with Crippen molar-refractivity contribution >= 4 is 35.0 Å². The van der Waals surface area contributed by atoms with E-state index in [-0.39, 0.29) is 22.7 Å². The quantitative estimate of drug-likeness (QED) is 0.426. The molecule has 112 valence electrons. The van der Waals surface area contributed by atoms with Crippen molar-refractivity contribution in [1.29, 1.82) is 0 Å². The van der Waals surface area contributed by atoms with Crippen LogP contribution in [0.2, 0.25) is 0 Å². The first-order valence-electron chi connectivity index (χ1n) is 6.03. The van der Waals surface area contributed by atoms with Gasteiger partial charge in [0.15, 0.2) is 0 Å². The fourth-order valence-electron chi connectivity index (χ4n) is 2.02. The number of nitro groups is 1. The number of carboxylic acid groups (broad SMARTS) is 1. The average molecular weight is 311 g/mol. The van der Waals surface area contributed by atoms with Crippen molar-refractivity contribution in [1.82, 2.24) is 5.32 Å². The average Bonchev–Trinajstić information content (AvgIpc) is 2.88. The number of carboxylic acids is 1. The Morgan fingerprint density at radius 2 is 2.19 bits per heavy atom. The maximum atomic E-state index is 12.1. The van der Waals surface area contributed by atoms with Crippen molar-refractivity contribution in [3.8, 4) is 0 Å². The maximum Gasteiger partial charge on any atom is 0.330 e. The van der Waals surface area contributed by atoms with Gasteiger partial charge in [-0.25, -0.2) is 4.79 Å². The number of nitrogens with two attached hydrogens (primary N) is 1. The third-order valence-electron chi connectivity index (χ3n) is 3.27. The molecule has 0 bridgehead atoms. The molecule has 1 heterocycles. The van der Waals surface area contributed by atoms with E-state index in [1.165, 1.54) is 23.9 Å². The summed E-state index contributed by atoms with van der Waals surface area (Å²) >= 11 is 1.43. The van der Waals surface area contributed by atoms with Crippen molar-refractivity contribution in [3.05, 3.63) is 33.9 Å². The van der Waals surface area contributed by atoms with Crippen LogP contribution in [-0.2, 0) is 4.79 Å². The number of nitrogen functional groups attached to an aromatic ring is 1. The highest BCUT2D eigenvalue weighted by Crippen LogP contribution is 2.29. The second-order valence-electron chi connectivity index (χ2n) is 4.67. The van der Waals surface area contributed by atoms with Gasteiger partial charge in [-0.1, -0.05) is 0 Å². The van der Waals surface area contributed by atoms with Crippen molar-refractivity contribution in [2.45, 2.75) is 12.0 Å². The number of amides is 1. The van der Waals surface area contributed by atoms with Gasteiger partial charge in [0, 0.05) is 17.4 Å². The van der Waals surface area contributed by atoms with Gasteiger partial charge >= 0.3 is 5.97 Å². The minimum Gasteiger partial charge on any atom is -0.479 e. The third kappa shape index (κ3) is 2.92. The lowest BCUT2D eigenvalue weighted by molar-refractivity contribution is -0.383. The number of thioether (sulfide) groups is 1. The summed E-state index contributed by atoms with van der Waals surface area (Å²) in [6.45, 7) is 0. The van der Waals surface area contributed by atoms with Crippen LogP contribution in [0.1, 0.15) is 16.8 Å². The third-order valence-corrected chi connectivity index (χ3v) is 4.46. The Bertz CT molecular complexity index is 613. The van der Waals surface area contributed by atoms with Gasteiger partial charge in [-0.05, 0) is 24.3 Å². The van der Waals surface area contributed by atoms with E-state index in [0.717, 1.165) is 6.07 Å². The van der Waals surface area contributed by atoms with E-state index in [0.29, 0.717) is 12.2 Å². The predicted octanol–water partition coefficient (Wildman–Crippen LogP) is 0.867. The fraction of sp³-hybridized carbons (Fsp3) is 0.333. The molecule has 9 heteroatoms. The van der Waals surface area contributed by atoms with Crippen LogP contribution >= 0.6 is 11.8 Å². The van der Waals surface area contributed by atoms with Crippen molar-refractivity contribution in [2.75, 3.05) is 17.2 Å². The van der Waals surface area contributed by atoms with Gasteiger partial charge < -0.3 is 16.2 Å². The molecule has 0 aromatic heterocycles. The maximum absolute atomic E-state index is 12.1. The number of nitro benzene ring substituents is 1. The number of carbonyl (C=O) groups excluding carboxylic acids is 1. The van der Waals surface area contributed by atoms with Crippen molar-refractivity contribution in [2.24, 2.45) is 0 Å². The molecule has 1 aromatic rings. The van der Waals surface area contributed by atoms with Crippen LogP contribution in [0, 0.1) is 10.1 Å². The Hall–Kier alpha value is -2.29. The molecule has 1 atom stereocenters. The monoisotopic (exact) mass is 311 g/mol. The molecule has 1 amide bonds. The van der Waals surface area contributed by atoms with Gasteiger partial charge in [-0.2, -0.15) is 11.8 Å². The topological polar surface area (TPSA) is 136 Å². The standard InChI is InChI=1S/C12H13N3O5S/c13-8-2-1-7(5-9(8)15(19)20)10(16)14-12(11(17)18)3-4-21-6-12/h1-2,5H,3-4,6,13H2,(H,14,16)(H,17,18). The molecule has 1 aromatic carbocycles. The number of anilines is 1. The van der Waals surface area contributed by atoms with Crippen molar-refractivity contribution < 1.29 is 19.6 Å². The SMILES string of the molecule is Nc1ccc(C(=O)NC2(C(=O)O)CCSC2)cc1[N+](=O)[O-]. The molecule has 1 fully saturated rings. The van der Waals surface area contributed by atoms with E-state index in [1.807, 2.05) is 0 Å². The Balaban J connectivity index is 2.26. The lowest BCUT2D eigenvalue weighted by Gasteiger charge is -2.24. The molecule has 1 unspecified atom stereocenters. The van der Waals surface area contributed by atoms with E-state index in [4.69, 9.17) is 5.73 Å². The summed E-state index contributed by atoms with van der Waals surface area (Å²) in [6, 6.07) is 3.63. The van der Waals surface area contributed by atoms with Crippen LogP contribution < -0.4 is 11.1 Å². The highest BCUT2D eigenvalue weighted by Gasteiger charge is 2.43. The number of aliphatic carboxylic acids is 1. The molecule has 21 heavy (non-hydrogen) atoms. The van der Waals surface area contributed by atoms with Crippen LogP contribution in [0.3, 0.4) is 0 Å². The molecule has 2 rings (SSSR count). The van der Waals surface area contributed by atoms with Crippen LogP contribution in [0.5, 0.6) is 0 Å². The molecule has 1 aliphatic heterocycles. The molecule has 0 aliphatic carbocycles. The minimum atomic E-state index is -1.32. The van der Waals surface area contributed by atoms with Crippen LogP contribution in [0.25, 0.3) is 0 Å². The highest BCUT2D eigenvalue weighted by molar-refractivity contribution is 7.99. The number of carbonyl (C=O) groups is 2. The van der Waals surface area contributed by atoms with E-state index >= 15 is 0 Å². The zero-order valence-electron chi connectivity index (χ0n) is 10.9. The molecule has 0 radical (unpaired) electrons. The van der Waals surface area contributed by atoms with Gasteiger partial charge in [-0.15, -0.1) is 0 Å². The van der Waals surface area contributed by atoms with E-state index in [1.54, 1.807) is 0 Å². The zero-order valence-corrected chi connectivity index (χ0v) is 11.7. The molecule has 1 saturated heterocycles. The lowest BCUT2D eigenvalue weighted by Crippen LogP contribution is -2.54. The summed E-state index contributed by atoms with van der Waals surface area (Å²) in [5.74, 6) is -0.867. The number of hydrogen-bond acceptors (Lipinski definition) is 6. The Morgan fingerprint density at radius 1 is 1.48 bits per heavy atom. The first-order valence-corrected chi connectivity index (χ1v) is 7.19. The Labute approximate surface area is 123 Å². The second kappa shape index (κ2) is 5.60. The van der Waals surface area contributed by atoms with Gasteiger partial charge in [0.05, 0.1) is 4.92 Å². The summed E-state index contributed by atoms with van der Waals surface area (Å²) < 4.78 is 0. The summed E-state index contributed by atoms with van der Waals surface area (Å²) in [4.78, 5) is 33.6. The molecule has 0 saturated carbocycles. The summed E-state index contributed by atoms with van der Waals surface area (Å²) in [7, 11) is 0. The predicted molar refractivity (Wildman–Crippen MR) is 77.3 cm³/mol. The molecule has 0 spiro atoms. The number of nitrogens with zero attached hydrogens (tertiary/aromatic N) is 1. The van der Waals surface area contributed by atoms with Gasteiger partial charge in [0.1, 0.15) is 11.2 Å². The first-order chi connectivity index (χ1) is 9.85. The molecular weight excluding hydrogens is 298 g/mol. The first kappa shape index (κ1) is 15.1. The number of hydrogen-bond donors (Lipinski definition) is 3. The van der Waals surface area contributed by atoms with E-state index < -0.39 is 22.3 Å². The number of benzene rings is 1. The molecular formula is C12H13N3O5S. The largest absolute Gasteiger partial charge is 0.479 e.